The number of anilines is 1. The van der Waals surface area contributed by atoms with Crippen molar-refractivity contribution in [1.29, 1.82) is 0 Å². The fraction of sp³-hybridized carbons (Fsp3) is 0.500. The molecule has 1 heterocycles. The van der Waals surface area contributed by atoms with Crippen LogP contribution in [0.25, 0.3) is 0 Å². The highest BCUT2D eigenvalue weighted by Gasteiger charge is 2.40. The summed E-state index contributed by atoms with van der Waals surface area (Å²) in [6, 6.07) is 1.50. The first-order valence-corrected chi connectivity index (χ1v) is 6.13. The highest BCUT2D eigenvalue weighted by molar-refractivity contribution is 6.33. The molecule has 4 nitrogen and oxygen atoms in total. The van der Waals surface area contributed by atoms with E-state index in [1.54, 1.807) is 0 Å². The molecule has 1 aliphatic rings. The van der Waals surface area contributed by atoms with E-state index in [9.17, 15) is 4.79 Å². The van der Waals surface area contributed by atoms with Gasteiger partial charge in [0.2, 0.25) is 0 Å². The zero-order chi connectivity index (χ0) is 12.5. The summed E-state index contributed by atoms with van der Waals surface area (Å²) in [7, 11) is 0. The van der Waals surface area contributed by atoms with Gasteiger partial charge in [0.15, 0.2) is 0 Å². The maximum absolute atomic E-state index is 11.9. The number of hydrogen-bond acceptors (Lipinski definition) is 3. The smallest absolute Gasteiger partial charge is 0.253 e. The number of nitrogens with two attached hydrogens (primary N) is 1. The summed E-state index contributed by atoms with van der Waals surface area (Å²) in [6.45, 7) is 2.86. The maximum Gasteiger partial charge on any atom is 0.253 e. The first kappa shape index (κ1) is 12.2. The minimum absolute atomic E-state index is 0.177. The lowest BCUT2D eigenvalue weighted by Gasteiger charge is -2.13. The Bertz CT molecular complexity index is 443. The summed E-state index contributed by atoms with van der Waals surface area (Å²) in [6.07, 6.45) is 4.88. The molecule has 92 valence electrons. The van der Waals surface area contributed by atoms with E-state index in [-0.39, 0.29) is 5.91 Å². The van der Waals surface area contributed by atoms with Gasteiger partial charge in [-0.05, 0) is 30.7 Å². The van der Waals surface area contributed by atoms with Crippen LogP contribution < -0.4 is 11.1 Å². The van der Waals surface area contributed by atoms with E-state index >= 15 is 0 Å². The molecule has 0 spiro atoms. The van der Waals surface area contributed by atoms with Crippen LogP contribution in [0.4, 0.5) is 5.82 Å². The van der Waals surface area contributed by atoms with Gasteiger partial charge in [0.05, 0.1) is 10.6 Å². The summed E-state index contributed by atoms with van der Waals surface area (Å²) >= 11 is 5.91. The highest BCUT2D eigenvalue weighted by atomic mass is 35.5. The molecule has 2 rings (SSSR count). The topological polar surface area (TPSA) is 68.0 Å². The van der Waals surface area contributed by atoms with Gasteiger partial charge in [-0.3, -0.25) is 4.79 Å². The summed E-state index contributed by atoms with van der Waals surface area (Å²) < 4.78 is 0. The lowest BCUT2D eigenvalue weighted by atomic mass is 10.0. The molecule has 1 saturated carbocycles. The van der Waals surface area contributed by atoms with Crippen LogP contribution in [0.5, 0.6) is 0 Å². The van der Waals surface area contributed by atoms with Gasteiger partial charge >= 0.3 is 0 Å². The van der Waals surface area contributed by atoms with Crippen LogP contribution in [0, 0.1) is 5.41 Å². The second kappa shape index (κ2) is 4.53. The molecule has 5 heteroatoms. The number of halogens is 1. The standard InChI is InChI=1S/C12H16ClN3O/c1-2-12(3-4-12)7-16-11(17)8-5-10(14)15-6-9(8)13/h5-6H,2-4,7H2,1H3,(H2,14,15)(H,16,17). The first-order chi connectivity index (χ1) is 8.06. The summed E-state index contributed by atoms with van der Waals surface area (Å²) in [5, 5.41) is 3.25. The monoisotopic (exact) mass is 253 g/mol. The Balaban J connectivity index is 2.02. The third-order valence-corrected chi connectivity index (χ3v) is 3.75. The number of nitrogens with zero attached hydrogens (tertiary/aromatic N) is 1. The van der Waals surface area contributed by atoms with Gasteiger partial charge in [-0.1, -0.05) is 18.5 Å². The van der Waals surface area contributed by atoms with E-state index in [4.69, 9.17) is 17.3 Å². The van der Waals surface area contributed by atoms with Gasteiger partial charge in [0, 0.05) is 12.7 Å². The molecule has 0 bridgehead atoms. The van der Waals surface area contributed by atoms with Crippen molar-refractivity contribution >= 4 is 23.3 Å². The van der Waals surface area contributed by atoms with Crippen molar-refractivity contribution in [3.05, 3.63) is 22.8 Å². The Hall–Kier alpha value is -1.29. The van der Waals surface area contributed by atoms with E-state index in [0.717, 1.165) is 6.42 Å². The zero-order valence-electron chi connectivity index (χ0n) is 9.79. The molecule has 1 aromatic rings. The van der Waals surface area contributed by atoms with Crippen molar-refractivity contribution in [2.24, 2.45) is 5.41 Å². The molecule has 0 unspecified atom stereocenters. The number of nitrogens with one attached hydrogen (secondary N) is 1. The molecule has 3 N–H and O–H groups in total. The van der Waals surface area contributed by atoms with Crippen molar-refractivity contribution in [3.8, 4) is 0 Å². The number of carbonyl (C=O) groups is 1. The summed E-state index contributed by atoms with van der Waals surface area (Å²) in [5.74, 6) is 0.125. The van der Waals surface area contributed by atoms with Gasteiger partial charge in [0.25, 0.3) is 5.91 Å². The van der Waals surface area contributed by atoms with Crippen LogP contribution in [0.1, 0.15) is 36.5 Å². The van der Waals surface area contributed by atoms with Crippen LogP contribution in [0.2, 0.25) is 5.02 Å². The molecule has 0 atom stereocenters. The van der Waals surface area contributed by atoms with E-state index < -0.39 is 0 Å². The minimum atomic E-state index is -0.177. The summed E-state index contributed by atoms with van der Waals surface area (Å²) in [4.78, 5) is 15.8. The molecule has 1 amide bonds. The van der Waals surface area contributed by atoms with Crippen molar-refractivity contribution < 1.29 is 4.79 Å². The van der Waals surface area contributed by atoms with E-state index in [1.165, 1.54) is 25.1 Å². The van der Waals surface area contributed by atoms with Gasteiger partial charge < -0.3 is 11.1 Å². The Kier molecular flexibility index (Phi) is 3.24. The average molecular weight is 254 g/mol. The van der Waals surface area contributed by atoms with E-state index in [0.29, 0.717) is 28.4 Å². The molecule has 0 saturated heterocycles. The average Bonchev–Trinajstić information content (AvgIpc) is 3.10. The molecule has 0 aromatic carbocycles. The molecular formula is C12H16ClN3O. The molecule has 1 fully saturated rings. The molecule has 1 aromatic heterocycles. The second-order valence-corrected chi connectivity index (χ2v) is 5.03. The van der Waals surface area contributed by atoms with Crippen LogP contribution in [0.3, 0.4) is 0 Å². The fourth-order valence-corrected chi connectivity index (χ4v) is 2.01. The summed E-state index contributed by atoms with van der Waals surface area (Å²) in [5.41, 5.74) is 6.25. The lowest BCUT2D eigenvalue weighted by molar-refractivity contribution is 0.0944. The van der Waals surface area contributed by atoms with Crippen molar-refractivity contribution in [2.75, 3.05) is 12.3 Å². The van der Waals surface area contributed by atoms with Crippen LogP contribution in [-0.2, 0) is 0 Å². The SMILES string of the molecule is CCC1(CNC(=O)c2cc(N)ncc2Cl)CC1. The Morgan fingerprint density at radius 3 is 2.94 bits per heavy atom. The van der Waals surface area contributed by atoms with Crippen molar-refractivity contribution in [2.45, 2.75) is 26.2 Å². The predicted octanol–water partition coefficient (Wildman–Crippen LogP) is 2.24. The fourth-order valence-electron chi connectivity index (χ4n) is 1.82. The number of carbonyl (C=O) groups excluding carboxylic acids is 1. The normalized spacial score (nSPS) is 16.6. The number of aromatic nitrogens is 1. The number of hydrogen-bond donors (Lipinski definition) is 2. The van der Waals surface area contributed by atoms with Crippen LogP contribution in [-0.4, -0.2) is 17.4 Å². The number of amides is 1. The third-order valence-electron chi connectivity index (χ3n) is 3.45. The van der Waals surface area contributed by atoms with Crippen LogP contribution >= 0.6 is 11.6 Å². The number of rotatable bonds is 4. The lowest BCUT2D eigenvalue weighted by Crippen LogP contribution is -2.30. The molecule has 0 aliphatic heterocycles. The highest BCUT2D eigenvalue weighted by Crippen LogP contribution is 2.47. The molecule has 1 aliphatic carbocycles. The Morgan fingerprint density at radius 1 is 1.65 bits per heavy atom. The molecule has 17 heavy (non-hydrogen) atoms. The number of nitrogen functional groups attached to an aromatic ring is 1. The second-order valence-electron chi connectivity index (χ2n) is 4.63. The van der Waals surface area contributed by atoms with Gasteiger partial charge in [-0.15, -0.1) is 0 Å². The minimum Gasteiger partial charge on any atom is -0.384 e. The van der Waals surface area contributed by atoms with Gasteiger partial charge in [-0.2, -0.15) is 0 Å². The van der Waals surface area contributed by atoms with Crippen molar-refractivity contribution in [1.82, 2.24) is 10.3 Å². The first-order valence-electron chi connectivity index (χ1n) is 5.75. The van der Waals surface area contributed by atoms with Crippen molar-refractivity contribution in [3.63, 3.8) is 0 Å². The maximum atomic E-state index is 11.9. The quantitative estimate of drug-likeness (QED) is 0.865. The Morgan fingerprint density at radius 2 is 2.35 bits per heavy atom. The van der Waals surface area contributed by atoms with E-state index in [2.05, 4.69) is 17.2 Å². The third kappa shape index (κ3) is 2.69. The van der Waals surface area contributed by atoms with Gasteiger partial charge in [-0.25, -0.2) is 4.98 Å². The van der Waals surface area contributed by atoms with Gasteiger partial charge in [0.1, 0.15) is 5.82 Å². The van der Waals surface area contributed by atoms with E-state index in [1.807, 2.05) is 0 Å². The molecular weight excluding hydrogens is 238 g/mol. The largest absolute Gasteiger partial charge is 0.384 e. The van der Waals surface area contributed by atoms with Crippen LogP contribution in [0.15, 0.2) is 12.3 Å². The number of pyridine rings is 1. The predicted molar refractivity (Wildman–Crippen MR) is 68.0 cm³/mol. The zero-order valence-corrected chi connectivity index (χ0v) is 10.5. The Labute approximate surface area is 106 Å². The molecule has 0 radical (unpaired) electrons.